The first-order chi connectivity index (χ1) is 12.2. The molecule has 0 aliphatic carbocycles. The molecule has 1 aromatic carbocycles. The minimum Gasteiger partial charge on any atom is -0.326 e. The first-order valence-electron chi connectivity index (χ1n) is 8.14. The summed E-state index contributed by atoms with van der Waals surface area (Å²) in [4.78, 5) is 19.6. The number of urea groups is 1. The van der Waals surface area contributed by atoms with E-state index in [2.05, 4.69) is 4.99 Å². The fourth-order valence-corrected chi connectivity index (χ4v) is 3.74. The van der Waals surface area contributed by atoms with Crippen LogP contribution in [0.1, 0.15) is 23.8 Å². The lowest BCUT2D eigenvalue weighted by Gasteiger charge is -2.20. The van der Waals surface area contributed by atoms with Crippen molar-refractivity contribution in [1.29, 1.82) is 0 Å². The number of halogens is 3. The molecule has 2 N–H and O–H groups in total. The van der Waals surface area contributed by atoms with Gasteiger partial charge in [-0.1, -0.05) is 0 Å². The lowest BCUT2D eigenvalue weighted by atomic mass is 10.2. The molecule has 140 valence electrons. The van der Waals surface area contributed by atoms with Crippen molar-refractivity contribution in [1.82, 2.24) is 9.47 Å². The Morgan fingerprint density at radius 2 is 1.96 bits per heavy atom. The molecule has 3 rings (SSSR count). The topological polar surface area (TPSA) is 63.6 Å². The molecule has 2 atom stereocenters. The van der Waals surface area contributed by atoms with Gasteiger partial charge < -0.3 is 10.6 Å². The maximum absolute atomic E-state index is 12.7. The first-order valence-corrected chi connectivity index (χ1v) is 8.96. The highest BCUT2D eigenvalue weighted by Gasteiger charge is 2.32. The molecule has 1 aromatic heterocycles. The van der Waals surface area contributed by atoms with Crippen molar-refractivity contribution in [3.8, 4) is 5.69 Å². The molecule has 0 unspecified atom stereocenters. The molecule has 0 spiro atoms. The van der Waals surface area contributed by atoms with Crippen LogP contribution in [0.4, 0.5) is 18.0 Å². The number of nitrogens with two attached hydrogens (primary N) is 1. The third-order valence-corrected chi connectivity index (χ3v) is 5.39. The van der Waals surface area contributed by atoms with E-state index in [1.165, 1.54) is 23.5 Å². The zero-order valence-corrected chi connectivity index (χ0v) is 15.1. The van der Waals surface area contributed by atoms with E-state index in [0.717, 1.165) is 23.4 Å². The molecule has 0 bridgehead atoms. The molecule has 1 fully saturated rings. The van der Waals surface area contributed by atoms with Crippen LogP contribution in [0.15, 0.2) is 35.5 Å². The molecule has 26 heavy (non-hydrogen) atoms. The zero-order chi connectivity index (χ0) is 19.1. The van der Waals surface area contributed by atoms with Crippen LogP contribution in [0.3, 0.4) is 0 Å². The highest BCUT2D eigenvalue weighted by molar-refractivity contribution is 7.09. The molecule has 1 aliphatic rings. The predicted molar refractivity (Wildman–Crippen MR) is 93.1 cm³/mol. The molecule has 2 heterocycles. The summed E-state index contributed by atoms with van der Waals surface area (Å²) in [5.74, 6) is 0. The Kier molecular flexibility index (Phi) is 4.94. The van der Waals surface area contributed by atoms with Gasteiger partial charge in [-0.3, -0.25) is 4.57 Å². The molecule has 5 nitrogen and oxygen atoms in total. The van der Waals surface area contributed by atoms with E-state index in [9.17, 15) is 18.0 Å². The van der Waals surface area contributed by atoms with Gasteiger partial charge in [-0.15, -0.1) is 11.3 Å². The number of nitrogens with zero attached hydrogens (tertiary/aromatic N) is 3. The minimum atomic E-state index is -4.39. The predicted octanol–water partition coefficient (Wildman–Crippen LogP) is 3.31. The smallest absolute Gasteiger partial charge is 0.326 e. The van der Waals surface area contributed by atoms with Crippen molar-refractivity contribution in [3.05, 3.63) is 45.7 Å². The molecule has 2 amide bonds. The van der Waals surface area contributed by atoms with E-state index < -0.39 is 11.7 Å². The minimum absolute atomic E-state index is 0.0683. The fraction of sp³-hybridized carbons (Fsp3) is 0.412. The maximum Gasteiger partial charge on any atom is 0.416 e. The number of amides is 2. The number of carbonyl (C=O) groups excluding carboxylic acids is 1. The van der Waals surface area contributed by atoms with E-state index in [-0.39, 0.29) is 18.1 Å². The van der Waals surface area contributed by atoms with Gasteiger partial charge in [0.1, 0.15) is 0 Å². The molecule has 1 saturated heterocycles. The van der Waals surface area contributed by atoms with Gasteiger partial charge in [0, 0.05) is 35.4 Å². The molecule has 0 radical (unpaired) electrons. The van der Waals surface area contributed by atoms with Gasteiger partial charge >= 0.3 is 12.2 Å². The van der Waals surface area contributed by atoms with E-state index >= 15 is 0 Å². The lowest BCUT2D eigenvalue weighted by Crippen LogP contribution is -2.39. The summed E-state index contributed by atoms with van der Waals surface area (Å²) in [6.07, 6.45) is -1.91. The van der Waals surface area contributed by atoms with Gasteiger partial charge in [-0.2, -0.15) is 18.2 Å². The molecular weight excluding hydrogens is 365 g/mol. The Morgan fingerprint density at radius 3 is 2.50 bits per heavy atom. The fourth-order valence-electron chi connectivity index (χ4n) is 2.91. The summed E-state index contributed by atoms with van der Waals surface area (Å²) in [6, 6.07) is 4.23. The molecule has 9 heteroatoms. The van der Waals surface area contributed by atoms with Gasteiger partial charge in [0.05, 0.1) is 5.56 Å². The van der Waals surface area contributed by atoms with E-state index in [4.69, 9.17) is 5.73 Å². The zero-order valence-electron chi connectivity index (χ0n) is 14.3. The van der Waals surface area contributed by atoms with Crippen molar-refractivity contribution >= 4 is 17.4 Å². The average molecular weight is 384 g/mol. The molecular formula is C17H19F3N4OS. The van der Waals surface area contributed by atoms with Crippen molar-refractivity contribution in [2.75, 3.05) is 6.54 Å². The number of carbonyl (C=O) groups is 1. The second-order valence-corrected chi connectivity index (χ2v) is 7.53. The van der Waals surface area contributed by atoms with Crippen LogP contribution in [0.2, 0.25) is 0 Å². The number of likely N-dealkylation sites (tertiary alicyclic amines) is 1. The van der Waals surface area contributed by atoms with Crippen molar-refractivity contribution in [2.45, 2.75) is 38.5 Å². The Hall–Kier alpha value is -2.13. The number of alkyl halides is 3. The second-order valence-electron chi connectivity index (χ2n) is 6.32. The van der Waals surface area contributed by atoms with Crippen molar-refractivity contribution < 1.29 is 18.0 Å². The molecule has 1 aliphatic heterocycles. The lowest BCUT2D eigenvalue weighted by molar-refractivity contribution is -0.137. The van der Waals surface area contributed by atoms with E-state index in [1.807, 2.05) is 13.8 Å². The average Bonchev–Trinajstić information content (AvgIpc) is 3.10. The van der Waals surface area contributed by atoms with Gasteiger partial charge in [0.25, 0.3) is 0 Å². The quantitative estimate of drug-likeness (QED) is 0.820. The SMILES string of the molecule is Cc1cn(-c2ccc(C(F)(F)F)cc2)c(=NC(=O)N2CC[C@H](N)[C@H]2C)s1. The Balaban J connectivity index is 1.95. The number of hydrogen-bond acceptors (Lipinski definition) is 3. The van der Waals surface area contributed by atoms with Crippen molar-refractivity contribution in [2.24, 2.45) is 10.7 Å². The van der Waals surface area contributed by atoms with Gasteiger partial charge in [0.2, 0.25) is 0 Å². The third-order valence-electron chi connectivity index (χ3n) is 4.49. The summed E-state index contributed by atoms with van der Waals surface area (Å²) < 4.78 is 39.8. The van der Waals surface area contributed by atoms with Crippen LogP contribution >= 0.6 is 11.3 Å². The molecule has 2 aromatic rings. The summed E-state index contributed by atoms with van der Waals surface area (Å²) in [6.45, 7) is 4.28. The maximum atomic E-state index is 12.7. The number of aryl methyl sites for hydroxylation is 1. The van der Waals surface area contributed by atoms with Crippen LogP contribution in [0.5, 0.6) is 0 Å². The monoisotopic (exact) mass is 384 g/mol. The van der Waals surface area contributed by atoms with E-state index in [0.29, 0.717) is 17.0 Å². The van der Waals surface area contributed by atoms with Crippen molar-refractivity contribution in [3.63, 3.8) is 0 Å². The van der Waals surface area contributed by atoms with Gasteiger partial charge in [-0.05, 0) is 44.5 Å². The first kappa shape index (κ1) is 18.7. The third kappa shape index (κ3) is 3.68. The standard InChI is InChI=1S/C17H19F3N4OS/c1-10-9-24(13-5-3-12(4-6-13)17(18,19)20)16(26-10)22-15(25)23-8-7-14(21)11(23)2/h3-6,9,11,14H,7-8,21H2,1-2H3/t11-,14+/m1/s1. The number of rotatable bonds is 1. The normalized spacial score (nSPS) is 21.5. The number of aromatic nitrogens is 1. The van der Waals surface area contributed by atoms with Crippen LogP contribution in [-0.2, 0) is 6.18 Å². The van der Waals surface area contributed by atoms with Gasteiger partial charge in [-0.25, -0.2) is 4.79 Å². The summed E-state index contributed by atoms with van der Waals surface area (Å²) >= 11 is 1.30. The van der Waals surface area contributed by atoms with E-state index in [1.54, 1.807) is 15.7 Å². The van der Waals surface area contributed by atoms with Crippen LogP contribution in [0.25, 0.3) is 5.69 Å². The largest absolute Gasteiger partial charge is 0.416 e. The molecule has 0 saturated carbocycles. The van der Waals surface area contributed by atoms with Crippen LogP contribution in [0, 0.1) is 6.92 Å². The summed E-state index contributed by atoms with van der Waals surface area (Å²) in [7, 11) is 0. The highest BCUT2D eigenvalue weighted by atomic mass is 32.1. The van der Waals surface area contributed by atoms with Gasteiger partial charge in [0.15, 0.2) is 4.80 Å². The number of thiazole rings is 1. The van der Waals surface area contributed by atoms with Crippen LogP contribution < -0.4 is 10.5 Å². The Morgan fingerprint density at radius 1 is 1.31 bits per heavy atom. The number of benzene rings is 1. The summed E-state index contributed by atoms with van der Waals surface area (Å²) in [5.41, 5.74) is 5.74. The highest BCUT2D eigenvalue weighted by Crippen LogP contribution is 2.29. The Bertz CT molecular complexity index is 869. The Labute approximate surface area is 152 Å². The second kappa shape index (κ2) is 6.88. The van der Waals surface area contributed by atoms with Crippen LogP contribution in [-0.4, -0.2) is 34.1 Å². The number of hydrogen-bond donors (Lipinski definition) is 1. The summed E-state index contributed by atoms with van der Waals surface area (Å²) in [5, 5.41) is 0.